The zero-order chi connectivity index (χ0) is 10.1. The van der Waals surface area contributed by atoms with Crippen molar-refractivity contribution in [1.82, 2.24) is 0 Å². The third-order valence-corrected chi connectivity index (χ3v) is 3.13. The van der Waals surface area contributed by atoms with Crippen LogP contribution in [-0.2, 0) is 6.42 Å². The van der Waals surface area contributed by atoms with E-state index in [1.165, 1.54) is 29.5 Å². The van der Waals surface area contributed by atoms with Gasteiger partial charge in [-0.3, -0.25) is 0 Å². The molecule has 1 radical (unpaired) electrons. The van der Waals surface area contributed by atoms with Gasteiger partial charge in [0, 0.05) is 0 Å². The number of rotatable bonds is 3. The van der Waals surface area contributed by atoms with Crippen LogP contribution in [0.1, 0.15) is 55.2 Å². The van der Waals surface area contributed by atoms with Gasteiger partial charge in [0.2, 0.25) is 0 Å². The Morgan fingerprint density at radius 1 is 1.43 bits per heavy atom. The maximum atomic E-state index is 4.14. The van der Waals surface area contributed by atoms with Gasteiger partial charge in [-0.25, -0.2) is 0 Å². The molecule has 1 atom stereocenters. The molecule has 1 aliphatic carbocycles. The van der Waals surface area contributed by atoms with Gasteiger partial charge in [0.25, 0.3) is 0 Å². The Labute approximate surface area is 87.3 Å². The van der Waals surface area contributed by atoms with Crippen LogP contribution in [0, 0.1) is 6.92 Å². The predicted molar refractivity (Wildman–Crippen MR) is 61.6 cm³/mol. The largest absolute Gasteiger partial charge is 0.0613 e. The molecule has 0 aromatic heterocycles. The first kappa shape index (κ1) is 9.76. The smallest absolute Gasteiger partial charge is 0.0161 e. The normalized spacial score (nSPS) is 16.3. The van der Waals surface area contributed by atoms with Gasteiger partial charge in [-0.05, 0) is 54.7 Å². The first-order valence-corrected chi connectivity index (χ1v) is 5.68. The highest BCUT2D eigenvalue weighted by atomic mass is 14.3. The number of hydrogen-bond acceptors (Lipinski definition) is 0. The summed E-state index contributed by atoms with van der Waals surface area (Å²) in [6.07, 6.45) is 3.90. The monoisotopic (exact) mass is 187 g/mol. The topological polar surface area (TPSA) is 0 Å². The van der Waals surface area contributed by atoms with Gasteiger partial charge in [-0.1, -0.05) is 32.0 Å². The average molecular weight is 187 g/mol. The Bertz CT molecular complexity index is 319. The van der Waals surface area contributed by atoms with Crippen LogP contribution in [0.3, 0.4) is 0 Å². The second kappa shape index (κ2) is 3.76. The SMILES string of the molecule is [CH2]C(C)c1cc(C2CC2)ccc1CC. The highest BCUT2D eigenvalue weighted by Crippen LogP contribution is 2.41. The lowest BCUT2D eigenvalue weighted by Crippen LogP contribution is -1.96. The fraction of sp³-hybridized carbons (Fsp3) is 0.500. The molecule has 0 bridgehead atoms. The second-order valence-corrected chi connectivity index (χ2v) is 4.49. The second-order valence-electron chi connectivity index (χ2n) is 4.49. The fourth-order valence-electron chi connectivity index (χ4n) is 2.06. The molecule has 1 aliphatic rings. The summed E-state index contributed by atoms with van der Waals surface area (Å²) < 4.78 is 0. The van der Waals surface area contributed by atoms with E-state index in [0.29, 0.717) is 5.92 Å². The summed E-state index contributed by atoms with van der Waals surface area (Å²) >= 11 is 0. The zero-order valence-electron chi connectivity index (χ0n) is 9.22. The van der Waals surface area contributed by atoms with Crippen molar-refractivity contribution in [2.45, 2.75) is 44.9 Å². The van der Waals surface area contributed by atoms with Crippen molar-refractivity contribution in [2.24, 2.45) is 0 Å². The van der Waals surface area contributed by atoms with Crippen LogP contribution in [-0.4, -0.2) is 0 Å². The maximum absolute atomic E-state index is 4.14. The van der Waals surface area contributed by atoms with E-state index < -0.39 is 0 Å². The van der Waals surface area contributed by atoms with Crippen LogP contribution in [0.2, 0.25) is 0 Å². The summed E-state index contributed by atoms with van der Waals surface area (Å²) in [7, 11) is 0. The summed E-state index contributed by atoms with van der Waals surface area (Å²) in [5, 5.41) is 0. The third kappa shape index (κ3) is 1.84. The molecule has 0 saturated heterocycles. The molecule has 1 aromatic carbocycles. The van der Waals surface area contributed by atoms with Crippen LogP contribution in [0.25, 0.3) is 0 Å². The highest BCUT2D eigenvalue weighted by molar-refractivity contribution is 5.37. The van der Waals surface area contributed by atoms with Gasteiger partial charge in [0.05, 0.1) is 0 Å². The van der Waals surface area contributed by atoms with Crippen LogP contribution in [0.15, 0.2) is 18.2 Å². The first-order valence-electron chi connectivity index (χ1n) is 5.68. The molecule has 0 amide bonds. The van der Waals surface area contributed by atoms with Crippen molar-refractivity contribution in [3.8, 4) is 0 Å². The van der Waals surface area contributed by atoms with Crippen LogP contribution in [0.4, 0.5) is 0 Å². The lowest BCUT2D eigenvalue weighted by molar-refractivity contribution is 0.916. The van der Waals surface area contributed by atoms with Crippen molar-refractivity contribution in [1.29, 1.82) is 0 Å². The minimum Gasteiger partial charge on any atom is -0.0613 e. The minimum absolute atomic E-state index is 0.420. The standard InChI is InChI=1S/C14H19/c1-4-11-5-8-13(12-6-7-12)9-14(11)10(2)3/h5,8-10,12H,2,4,6-7H2,1,3H3. The lowest BCUT2D eigenvalue weighted by atomic mass is 9.92. The van der Waals surface area contributed by atoms with Crippen molar-refractivity contribution >= 4 is 0 Å². The van der Waals surface area contributed by atoms with Gasteiger partial charge in [0.1, 0.15) is 0 Å². The molecule has 1 aromatic rings. The molecule has 75 valence electrons. The predicted octanol–water partition coefficient (Wildman–Crippen LogP) is 4.06. The van der Waals surface area contributed by atoms with Gasteiger partial charge in [0.15, 0.2) is 0 Å². The molecular weight excluding hydrogens is 168 g/mol. The molecule has 0 nitrogen and oxygen atoms in total. The van der Waals surface area contributed by atoms with Gasteiger partial charge >= 0.3 is 0 Å². The van der Waals surface area contributed by atoms with E-state index in [2.05, 4.69) is 39.0 Å². The minimum atomic E-state index is 0.420. The molecule has 1 unspecified atom stereocenters. The molecule has 0 aliphatic heterocycles. The first-order chi connectivity index (χ1) is 6.72. The van der Waals surface area contributed by atoms with E-state index in [1.54, 1.807) is 0 Å². The zero-order valence-corrected chi connectivity index (χ0v) is 9.22. The average Bonchev–Trinajstić information content (AvgIpc) is 3.00. The van der Waals surface area contributed by atoms with Crippen LogP contribution in [0.5, 0.6) is 0 Å². The van der Waals surface area contributed by atoms with E-state index >= 15 is 0 Å². The lowest BCUT2D eigenvalue weighted by Gasteiger charge is -2.13. The molecule has 14 heavy (non-hydrogen) atoms. The summed E-state index contributed by atoms with van der Waals surface area (Å²) in [6.45, 7) is 8.54. The van der Waals surface area contributed by atoms with Crippen molar-refractivity contribution in [2.75, 3.05) is 0 Å². The summed E-state index contributed by atoms with van der Waals surface area (Å²) in [5.74, 6) is 1.28. The fourth-order valence-corrected chi connectivity index (χ4v) is 2.06. The molecule has 1 fully saturated rings. The number of benzene rings is 1. The Morgan fingerprint density at radius 2 is 2.14 bits per heavy atom. The van der Waals surface area contributed by atoms with Crippen molar-refractivity contribution in [3.63, 3.8) is 0 Å². The Hall–Kier alpha value is -0.780. The van der Waals surface area contributed by atoms with Crippen molar-refractivity contribution in [3.05, 3.63) is 41.8 Å². The van der Waals surface area contributed by atoms with E-state index in [9.17, 15) is 0 Å². The summed E-state index contributed by atoms with van der Waals surface area (Å²) in [6, 6.07) is 6.99. The molecule has 0 heterocycles. The van der Waals surface area contributed by atoms with E-state index in [0.717, 1.165) is 12.3 Å². The Balaban J connectivity index is 2.35. The third-order valence-electron chi connectivity index (χ3n) is 3.13. The molecule has 2 rings (SSSR count). The van der Waals surface area contributed by atoms with E-state index in [4.69, 9.17) is 0 Å². The molecule has 0 heteroatoms. The van der Waals surface area contributed by atoms with Crippen LogP contribution < -0.4 is 0 Å². The number of hydrogen-bond donors (Lipinski definition) is 0. The quantitative estimate of drug-likeness (QED) is 0.669. The Morgan fingerprint density at radius 3 is 2.64 bits per heavy atom. The van der Waals surface area contributed by atoms with Gasteiger partial charge < -0.3 is 0 Å². The Kier molecular flexibility index (Phi) is 2.62. The summed E-state index contributed by atoms with van der Waals surface area (Å²) in [5.41, 5.74) is 4.46. The molecule has 1 saturated carbocycles. The van der Waals surface area contributed by atoms with Crippen LogP contribution >= 0.6 is 0 Å². The van der Waals surface area contributed by atoms with Gasteiger partial charge in [-0.2, -0.15) is 0 Å². The maximum Gasteiger partial charge on any atom is -0.0161 e. The molecular formula is C14H19. The summed E-state index contributed by atoms with van der Waals surface area (Å²) in [4.78, 5) is 0. The molecule has 0 spiro atoms. The number of aryl methyl sites for hydroxylation is 1. The van der Waals surface area contributed by atoms with E-state index in [1.807, 2.05) is 0 Å². The van der Waals surface area contributed by atoms with Crippen molar-refractivity contribution < 1.29 is 0 Å². The molecule has 0 N–H and O–H groups in total. The van der Waals surface area contributed by atoms with Gasteiger partial charge in [-0.15, -0.1) is 0 Å². The van der Waals surface area contributed by atoms with E-state index in [-0.39, 0.29) is 0 Å². The highest BCUT2D eigenvalue weighted by Gasteiger charge is 2.24.